The SMILES string of the molecule is Cc1cccc(C)c1C(=O)Pc1ccc(OC(C)C)cc1OC(C)C.[H-].[Li+]. The van der Waals surface area contributed by atoms with Crippen LogP contribution in [0.25, 0.3) is 0 Å². The van der Waals surface area contributed by atoms with Gasteiger partial charge in [-0.15, -0.1) is 0 Å². The van der Waals surface area contributed by atoms with E-state index in [1.165, 1.54) is 0 Å². The van der Waals surface area contributed by atoms with Gasteiger partial charge in [0.2, 0.25) is 0 Å². The summed E-state index contributed by atoms with van der Waals surface area (Å²) in [6.45, 7) is 11.9. The monoisotopic (exact) mass is 366 g/mol. The maximum atomic E-state index is 12.9. The van der Waals surface area contributed by atoms with Gasteiger partial charge in [-0.2, -0.15) is 0 Å². The zero-order chi connectivity index (χ0) is 18.6. The van der Waals surface area contributed by atoms with E-state index in [4.69, 9.17) is 9.47 Å². The number of rotatable bonds is 7. The number of hydrogen-bond acceptors (Lipinski definition) is 3. The molecule has 1 unspecified atom stereocenters. The molecular weight excluding hydrogens is 338 g/mol. The molecule has 0 saturated heterocycles. The van der Waals surface area contributed by atoms with E-state index in [1.807, 2.05) is 77.9 Å². The van der Waals surface area contributed by atoms with Crippen LogP contribution in [-0.4, -0.2) is 17.7 Å². The molecule has 3 nitrogen and oxygen atoms in total. The standard InChI is InChI=1S/C21H27O3P.Li.H/c1-13(2)23-17-10-11-19(18(12-17)24-14(3)4)25-21(22)20-15(5)8-7-9-16(20)6;;/h7-14,25H,1-6H3;;/q;+1;-1. The van der Waals surface area contributed by atoms with Gasteiger partial charge < -0.3 is 10.9 Å². The predicted molar refractivity (Wildman–Crippen MR) is 107 cm³/mol. The normalized spacial score (nSPS) is 11.1. The molecule has 0 N–H and O–H groups in total. The molecule has 0 aliphatic heterocycles. The Bertz CT molecular complexity index is 743. The van der Waals surface area contributed by atoms with Gasteiger partial charge in [0.05, 0.1) is 12.2 Å². The molecule has 0 radical (unpaired) electrons. The van der Waals surface area contributed by atoms with E-state index in [0.717, 1.165) is 33.5 Å². The topological polar surface area (TPSA) is 35.5 Å². The Morgan fingerprint density at radius 2 is 1.54 bits per heavy atom. The predicted octanol–water partition coefficient (Wildman–Crippen LogP) is 2.14. The minimum Gasteiger partial charge on any atom is -1.00 e. The van der Waals surface area contributed by atoms with Crippen molar-refractivity contribution in [3.63, 3.8) is 0 Å². The van der Waals surface area contributed by atoms with Crippen molar-refractivity contribution in [3.8, 4) is 11.5 Å². The fourth-order valence-electron chi connectivity index (χ4n) is 2.66. The third-order valence-corrected chi connectivity index (χ3v) is 4.80. The molecule has 26 heavy (non-hydrogen) atoms. The number of hydrogen-bond donors (Lipinski definition) is 0. The van der Waals surface area contributed by atoms with E-state index in [-0.39, 0.29) is 46.6 Å². The molecule has 2 aromatic rings. The van der Waals surface area contributed by atoms with Crippen LogP contribution in [0.15, 0.2) is 36.4 Å². The van der Waals surface area contributed by atoms with Crippen LogP contribution in [0.2, 0.25) is 0 Å². The maximum absolute atomic E-state index is 12.9. The molecule has 136 valence electrons. The first-order valence-corrected chi connectivity index (χ1v) is 9.63. The zero-order valence-electron chi connectivity index (χ0n) is 17.8. The number of benzene rings is 2. The zero-order valence-corrected chi connectivity index (χ0v) is 17.8. The van der Waals surface area contributed by atoms with Gasteiger partial charge in [-0.1, -0.05) is 18.2 Å². The first kappa shape index (κ1) is 22.8. The van der Waals surface area contributed by atoms with E-state index in [0.29, 0.717) is 0 Å². The second-order valence-corrected chi connectivity index (χ2v) is 7.95. The second-order valence-electron chi connectivity index (χ2n) is 6.71. The van der Waals surface area contributed by atoms with Crippen LogP contribution >= 0.6 is 8.58 Å². The van der Waals surface area contributed by atoms with Crippen molar-refractivity contribution >= 4 is 19.4 Å². The maximum Gasteiger partial charge on any atom is 1.00 e. The average Bonchev–Trinajstić information content (AvgIpc) is 2.48. The van der Waals surface area contributed by atoms with Crippen molar-refractivity contribution in [1.29, 1.82) is 0 Å². The third-order valence-electron chi connectivity index (χ3n) is 3.64. The molecule has 0 fully saturated rings. The molecule has 0 spiro atoms. The molecule has 0 bridgehead atoms. The molecule has 5 heteroatoms. The van der Waals surface area contributed by atoms with E-state index < -0.39 is 0 Å². The summed E-state index contributed by atoms with van der Waals surface area (Å²) in [5.41, 5.74) is 2.99. The summed E-state index contributed by atoms with van der Waals surface area (Å²) in [6.07, 6.45) is 0.129. The summed E-state index contributed by atoms with van der Waals surface area (Å²) < 4.78 is 11.7. The largest absolute Gasteiger partial charge is 1.00 e. The Balaban J connectivity index is 0.00000338. The number of carbonyl (C=O) groups is 1. The average molecular weight is 366 g/mol. The first-order chi connectivity index (χ1) is 11.8. The summed E-state index contributed by atoms with van der Waals surface area (Å²) in [4.78, 5) is 12.9. The van der Waals surface area contributed by atoms with Crippen molar-refractivity contribution in [2.24, 2.45) is 0 Å². The summed E-state index contributed by atoms with van der Waals surface area (Å²) in [5.74, 6) is 1.49. The van der Waals surface area contributed by atoms with Crippen molar-refractivity contribution in [2.75, 3.05) is 0 Å². The molecule has 0 heterocycles. The Hall–Kier alpha value is -1.26. The van der Waals surface area contributed by atoms with Gasteiger partial charge in [-0.25, -0.2) is 0 Å². The second kappa shape index (κ2) is 10.2. The van der Waals surface area contributed by atoms with Gasteiger partial charge in [-0.05, 0) is 73.4 Å². The molecule has 0 aromatic heterocycles. The summed E-state index contributed by atoms with van der Waals surface area (Å²) >= 11 is 0. The Kier molecular flexibility index (Phi) is 8.91. The number of ether oxygens (including phenoxy) is 2. The summed E-state index contributed by atoms with van der Waals surface area (Å²) in [6, 6.07) is 11.7. The number of aryl methyl sites for hydroxylation is 2. The van der Waals surface area contributed by atoms with Crippen LogP contribution in [0.4, 0.5) is 0 Å². The molecule has 0 saturated carbocycles. The van der Waals surface area contributed by atoms with Crippen LogP contribution in [0.3, 0.4) is 0 Å². The van der Waals surface area contributed by atoms with Gasteiger partial charge in [0.25, 0.3) is 0 Å². The summed E-state index contributed by atoms with van der Waals surface area (Å²) in [5, 5.41) is 0.914. The van der Waals surface area contributed by atoms with Crippen LogP contribution in [0.1, 0.15) is 50.6 Å². The van der Waals surface area contributed by atoms with Crippen LogP contribution in [0.5, 0.6) is 11.5 Å². The molecule has 0 amide bonds. The van der Waals surface area contributed by atoms with Crippen molar-refractivity contribution < 1.29 is 34.6 Å². The van der Waals surface area contributed by atoms with Crippen molar-refractivity contribution in [3.05, 3.63) is 53.1 Å². The first-order valence-electron chi connectivity index (χ1n) is 8.63. The Labute approximate surface area is 172 Å². The van der Waals surface area contributed by atoms with E-state index >= 15 is 0 Å². The van der Waals surface area contributed by atoms with Crippen molar-refractivity contribution in [2.45, 2.75) is 53.8 Å². The number of carbonyl (C=O) groups excluding carboxylic acids is 1. The van der Waals surface area contributed by atoms with Crippen LogP contribution < -0.4 is 33.6 Å². The molecule has 2 aromatic carbocycles. The van der Waals surface area contributed by atoms with Crippen molar-refractivity contribution in [1.82, 2.24) is 0 Å². The van der Waals surface area contributed by atoms with E-state index in [9.17, 15) is 4.79 Å². The van der Waals surface area contributed by atoms with Gasteiger partial charge in [0.15, 0.2) is 5.52 Å². The van der Waals surface area contributed by atoms with Crippen LogP contribution in [-0.2, 0) is 0 Å². The minimum atomic E-state index is 0. The minimum absolute atomic E-state index is 0. The smallest absolute Gasteiger partial charge is 1.00 e. The molecule has 0 aliphatic rings. The fraction of sp³-hybridized carbons (Fsp3) is 0.381. The molecule has 1 atom stereocenters. The molecule has 0 aliphatic carbocycles. The van der Waals surface area contributed by atoms with E-state index in [2.05, 4.69) is 0 Å². The van der Waals surface area contributed by atoms with Gasteiger partial charge in [0, 0.05) is 16.9 Å². The molecular formula is C21H28LiO3P. The van der Waals surface area contributed by atoms with E-state index in [1.54, 1.807) is 0 Å². The Morgan fingerprint density at radius 1 is 0.962 bits per heavy atom. The Morgan fingerprint density at radius 3 is 2.08 bits per heavy atom. The third kappa shape index (κ3) is 6.17. The fourth-order valence-corrected chi connectivity index (χ4v) is 3.85. The van der Waals surface area contributed by atoms with Gasteiger partial charge in [0.1, 0.15) is 11.5 Å². The van der Waals surface area contributed by atoms with Gasteiger partial charge in [-0.3, -0.25) is 4.79 Å². The quantitative estimate of drug-likeness (QED) is 0.556. The van der Waals surface area contributed by atoms with Crippen LogP contribution in [0, 0.1) is 13.8 Å². The summed E-state index contributed by atoms with van der Waals surface area (Å²) in [7, 11) is 0.0197. The van der Waals surface area contributed by atoms with Gasteiger partial charge >= 0.3 is 18.9 Å². The molecule has 2 rings (SSSR count).